The van der Waals surface area contributed by atoms with Crippen molar-refractivity contribution in [2.45, 2.75) is 26.5 Å². The van der Waals surface area contributed by atoms with Gasteiger partial charge >= 0.3 is 5.97 Å². The number of nitrogens with one attached hydrogen (secondary N) is 1. The Morgan fingerprint density at radius 1 is 1.22 bits per heavy atom. The molecular formula is C17H19NO5. The van der Waals surface area contributed by atoms with Crippen LogP contribution >= 0.6 is 0 Å². The van der Waals surface area contributed by atoms with Crippen LogP contribution in [0.25, 0.3) is 0 Å². The number of furan rings is 1. The number of ether oxygens (including phenoxy) is 2. The third-order valence-electron chi connectivity index (χ3n) is 3.13. The number of carbonyl (C=O) groups is 2. The van der Waals surface area contributed by atoms with E-state index in [4.69, 9.17) is 13.9 Å². The fraction of sp³-hybridized carbons (Fsp3) is 0.294. The molecule has 23 heavy (non-hydrogen) atoms. The molecule has 1 aromatic carbocycles. The molecule has 0 unspecified atom stereocenters. The van der Waals surface area contributed by atoms with Gasteiger partial charge in [0.05, 0.1) is 12.8 Å². The van der Waals surface area contributed by atoms with Crippen molar-refractivity contribution >= 4 is 11.9 Å². The molecule has 122 valence electrons. The van der Waals surface area contributed by atoms with Crippen LogP contribution in [0.15, 0.2) is 47.1 Å². The van der Waals surface area contributed by atoms with Gasteiger partial charge in [-0.25, -0.2) is 4.79 Å². The number of amides is 1. The average Bonchev–Trinajstić information content (AvgIpc) is 3.05. The summed E-state index contributed by atoms with van der Waals surface area (Å²) in [6, 6.07) is 10.8. The molecule has 0 fully saturated rings. The van der Waals surface area contributed by atoms with Gasteiger partial charge in [0.25, 0.3) is 5.91 Å². The highest BCUT2D eigenvalue weighted by atomic mass is 16.6. The standard InChI is InChI=1S/C17H19NO5/c1-12-6-3-4-8-15(12)22-11-16(19)23-13(2)17(20)18-10-14-7-5-9-21-14/h3-9,13H,10-11H2,1-2H3,(H,18,20)/t13-/m1/s1. The van der Waals surface area contributed by atoms with Crippen molar-refractivity contribution in [2.75, 3.05) is 6.61 Å². The van der Waals surface area contributed by atoms with Gasteiger partial charge in [0, 0.05) is 0 Å². The summed E-state index contributed by atoms with van der Waals surface area (Å²) in [6.45, 7) is 3.38. The summed E-state index contributed by atoms with van der Waals surface area (Å²) in [5.41, 5.74) is 0.921. The molecule has 0 saturated carbocycles. The Kier molecular flexibility index (Phi) is 5.80. The molecule has 0 aliphatic rings. The highest BCUT2D eigenvalue weighted by Gasteiger charge is 2.18. The van der Waals surface area contributed by atoms with Crippen molar-refractivity contribution < 1.29 is 23.5 Å². The van der Waals surface area contributed by atoms with Crippen molar-refractivity contribution in [3.05, 3.63) is 54.0 Å². The zero-order chi connectivity index (χ0) is 16.7. The van der Waals surface area contributed by atoms with Crippen LogP contribution in [0.2, 0.25) is 0 Å². The van der Waals surface area contributed by atoms with E-state index in [1.54, 1.807) is 18.2 Å². The quantitative estimate of drug-likeness (QED) is 0.792. The zero-order valence-corrected chi connectivity index (χ0v) is 13.1. The lowest BCUT2D eigenvalue weighted by molar-refractivity contribution is -0.156. The van der Waals surface area contributed by atoms with Gasteiger partial charge in [0.2, 0.25) is 0 Å². The molecule has 6 nitrogen and oxygen atoms in total. The van der Waals surface area contributed by atoms with Crippen LogP contribution in [0.4, 0.5) is 0 Å². The van der Waals surface area contributed by atoms with Crippen molar-refractivity contribution in [3.8, 4) is 5.75 Å². The van der Waals surface area contributed by atoms with E-state index in [-0.39, 0.29) is 13.2 Å². The zero-order valence-electron chi connectivity index (χ0n) is 13.1. The number of benzene rings is 1. The highest BCUT2D eigenvalue weighted by molar-refractivity contribution is 5.83. The second kappa shape index (κ2) is 8.03. The number of esters is 1. The third-order valence-corrected chi connectivity index (χ3v) is 3.13. The van der Waals surface area contributed by atoms with Crippen LogP contribution in [0, 0.1) is 6.92 Å². The van der Waals surface area contributed by atoms with Gasteiger partial charge in [-0.3, -0.25) is 4.79 Å². The van der Waals surface area contributed by atoms with E-state index in [0.717, 1.165) is 5.56 Å². The Morgan fingerprint density at radius 2 is 2.00 bits per heavy atom. The van der Waals surface area contributed by atoms with Gasteiger partial charge in [0.1, 0.15) is 11.5 Å². The van der Waals surface area contributed by atoms with E-state index in [0.29, 0.717) is 11.5 Å². The van der Waals surface area contributed by atoms with Crippen LogP contribution in [0.1, 0.15) is 18.2 Å². The Hall–Kier alpha value is -2.76. The predicted octanol–water partition coefficient (Wildman–Crippen LogP) is 2.21. The van der Waals surface area contributed by atoms with Crippen LogP contribution in [-0.2, 0) is 20.9 Å². The minimum absolute atomic E-state index is 0.243. The van der Waals surface area contributed by atoms with Crippen molar-refractivity contribution in [1.82, 2.24) is 5.32 Å². The van der Waals surface area contributed by atoms with E-state index < -0.39 is 18.0 Å². The molecule has 1 atom stereocenters. The van der Waals surface area contributed by atoms with Crippen LogP contribution in [0.5, 0.6) is 5.75 Å². The first-order chi connectivity index (χ1) is 11.1. The molecule has 1 aromatic heterocycles. The lowest BCUT2D eigenvalue weighted by Gasteiger charge is -2.14. The maximum absolute atomic E-state index is 11.8. The Morgan fingerprint density at radius 3 is 2.70 bits per heavy atom. The predicted molar refractivity (Wildman–Crippen MR) is 82.8 cm³/mol. The highest BCUT2D eigenvalue weighted by Crippen LogP contribution is 2.15. The third kappa shape index (κ3) is 5.18. The molecule has 0 saturated heterocycles. The van der Waals surface area contributed by atoms with Crippen molar-refractivity contribution in [1.29, 1.82) is 0 Å². The monoisotopic (exact) mass is 317 g/mol. The van der Waals surface area contributed by atoms with Crippen LogP contribution < -0.4 is 10.1 Å². The number of rotatable bonds is 7. The normalized spacial score (nSPS) is 11.6. The number of hydrogen-bond acceptors (Lipinski definition) is 5. The average molecular weight is 317 g/mol. The van der Waals surface area contributed by atoms with E-state index in [1.165, 1.54) is 13.2 Å². The second-order valence-electron chi connectivity index (χ2n) is 4.98. The molecule has 6 heteroatoms. The fourth-order valence-electron chi connectivity index (χ4n) is 1.87. The molecule has 2 rings (SSSR count). The largest absolute Gasteiger partial charge is 0.482 e. The topological polar surface area (TPSA) is 77.8 Å². The van der Waals surface area contributed by atoms with Gasteiger partial charge in [-0.15, -0.1) is 0 Å². The molecule has 1 N–H and O–H groups in total. The Labute approximate surface area is 134 Å². The Bertz CT molecular complexity index is 651. The first-order valence-corrected chi connectivity index (χ1v) is 7.24. The maximum atomic E-state index is 11.8. The van der Waals surface area contributed by atoms with Crippen LogP contribution in [0.3, 0.4) is 0 Å². The van der Waals surface area contributed by atoms with E-state index in [9.17, 15) is 9.59 Å². The summed E-state index contributed by atoms with van der Waals surface area (Å²) in [7, 11) is 0. The van der Waals surface area contributed by atoms with Gasteiger partial charge in [0.15, 0.2) is 12.7 Å². The molecule has 0 radical (unpaired) electrons. The Balaban J connectivity index is 1.73. The number of hydrogen-bond donors (Lipinski definition) is 1. The van der Waals surface area contributed by atoms with E-state index in [2.05, 4.69) is 5.32 Å². The molecule has 2 aromatic rings. The molecule has 1 heterocycles. The summed E-state index contributed by atoms with van der Waals surface area (Å²) < 4.78 is 15.5. The summed E-state index contributed by atoms with van der Waals surface area (Å²) in [6.07, 6.45) is 0.617. The molecule has 0 bridgehead atoms. The number of para-hydroxylation sites is 1. The fourth-order valence-corrected chi connectivity index (χ4v) is 1.87. The van der Waals surface area contributed by atoms with Crippen LogP contribution in [-0.4, -0.2) is 24.6 Å². The summed E-state index contributed by atoms with van der Waals surface area (Å²) in [5, 5.41) is 2.62. The smallest absolute Gasteiger partial charge is 0.344 e. The van der Waals surface area contributed by atoms with E-state index in [1.807, 2.05) is 25.1 Å². The minimum Gasteiger partial charge on any atom is -0.482 e. The van der Waals surface area contributed by atoms with Crippen molar-refractivity contribution in [3.63, 3.8) is 0 Å². The lowest BCUT2D eigenvalue weighted by atomic mass is 10.2. The van der Waals surface area contributed by atoms with E-state index >= 15 is 0 Å². The second-order valence-corrected chi connectivity index (χ2v) is 4.98. The molecule has 0 aliphatic carbocycles. The minimum atomic E-state index is -0.905. The van der Waals surface area contributed by atoms with Gasteiger partial charge in [-0.2, -0.15) is 0 Å². The van der Waals surface area contributed by atoms with Gasteiger partial charge < -0.3 is 19.2 Å². The first-order valence-electron chi connectivity index (χ1n) is 7.24. The number of aryl methyl sites for hydroxylation is 1. The SMILES string of the molecule is Cc1ccccc1OCC(=O)O[C@H](C)C(=O)NCc1ccco1. The molecule has 0 spiro atoms. The summed E-state index contributed by atoms with van der Waals surface area (Å²) in [5.74, 6) is 0.235. The maximum Gasteiger partial charge on any atom is 0.344 e. The van der Waals surface area contributed by atoms with Crippen molar-refractivity contribution in [2.24, 2.45) is 0 Å². The lowest BCUT2D eigenvalue weighted by Crippen LogP contribution is -2.36. The summed E-state index contributed by atoms with van der Waals surface area (Å²) >= 11 is 0. The molecular weight excluding hydrogens is 298 g/mol. The summed E-state index contributed by atoms with van der Waals surface area (Å²) in [4.78, 5) is 23.6. The van der Waals surface area contributed by atoms with Gasteiger partial charge in [-0.05, 0) is 37.6 Å². The molecule has 1 amide bonds. The number of carbonyl (C=O) groups excluding carboxylic acids is 2. The first kappa shape index (κ1) is 16.6. The van der Waals surface area contributed by atoms with Gasteiger partial charge in [-0.1, -0.05) is 18.2 Å². The molecule has 0 aliphatic heterocycles.